The number of carbonyl (C=O) groups is 3. The van der Waals surface area contributed by atoms with Crippen LogP contribution < -0.4 is 10.6 Å². The number of rotatable bonds is 8. The minimum absolute atomic E-state index is 0.0356. The molecule has 1 aromatic heterocycles. The smallest absolute Gasteiger partial charge is 0.329 e. The topological polar surface area (TPSA) is 141 Å². The Morgan fingerprint density at radius 3 is 2.47 bits per heavy atom. The molecule has 0 aliphatic heterocycles. The van der Waals surface area contributed by atoms with E-state index < -0.39 is 35.4 Å². The number of ether oxygens (including phenoxy) is 1. The van der Waals surface area contributed by atoms with Gasteiger partial charge in [0, 0.05) is 6.07 Å². The summed E-state index contributed by atoms with van der Waals surface area (Å²) in [7, 11) is 0. The Morgan fingerprint density at radius 1 is 1.20 bits per heavy atom. The molecule has 1 aromatic carbocycles. The van der Waals surface area contributed by atoms with Crippen molar-refractivity contribution < 1.29 is 28.5 Å². The Bertz CT molecular complexity index is 952. The predicted molar refractivity (Wildman–Crippen MR) is 107 cm³/mol. The summed E-state index contributed by atoms with van der Waals surface area (Å²) in [6.07, 6.45) is 1.33. The zero-order chi connectivity index (χ0) is 22.4. The van der Waals surface area contributed by atoms with E-state index in [1.165, 1.54) is 24.5 Å². The van der Waals surface area contributed by atoms with E-state index in [0.717, 1.165) is 5.56 Å². The molecule has 0 bridgehead atoms. The molecule has 10 heteroatoms. The summed E-state index contributed by atoms with van der Waals surface area (Å²) in [5.41, 5.74) is 1.08. The lowest BCUT2D eigenvalue weighted by Crippen LogP contribution is -2.45. The van der Waals surface area contributed by atoms with E-state index in [0.29, 0.717) is 5.56 Å². The summed E-state index contributed by atoms with van der Waals surface area (Å²) in [4.78, 5) is 47.4. The van der Waals surface area contributed by atoms with Crippen LogP contribution in [-0.2, 0) is 14.3 Å². The third-order valence-corrected chi connectivity index (χ3v) is 4.47. The molecule has 2 aromatic rings. The first-order chi connectivity index (χ1) is 14.1. The van der Waals surface area contributed by atoms with Gasteiger partial charge in [0.25, 0.3) is 17.5 Å². The average Bonchev–Trinajstić information content (AvgIpc) is 3.22. The van der Waals surface area contributed by atoms with Crippen molar-refractivity contribution in [2.75, 3.05) is 11.9 Å². The minimum atomic E-state index is -1.01. The fraction of sp³-hybridized carbons (Fsp3) is 0.350. The minimum Gasteiger partial charge on any atom is -0.459 e. The maximum Gasteiger partial charge on any atom is 0.329 e. The van der Waals surface area contributed by atoms with Crippen molar-refractivity contribution in [1.82, 2.24) is 5.32 Å². The second-order valence-corrected chi connectivity index (χ2v) is 6.99. The number of hydrogen-bond acceptors (Lipinski definition) is 7. The molecule has 2 rings (SSSR count). The maximum atomic E-state index is 12.4. The summed E-state index contributed by atoms with van der Waals surface area (Å²) in [6.45, 7) is 6.14. The normalized spacial score (nSPS) is 11.6. The van der Waals surface area contributed by atoms with Gasteiger partial charge in [0.2, 0.25) is 0 Å². The number of benzene rings is 1. The number of nitrogens with one attached hydrogen (secondary N) is 2. The van der Waals surface area contributed by atoms with Gasteiger partial charge < -0.3 is 19.8 Å². The Kier molecular flexibility index (Phi) is 7.29. The molecular formula is C20H23N3O7. The van der Waals surface area contributed by atoms with Crippen LogP contribution in [0.15, 0.2) is 34.9 Å². The Labute approximate surface area is 172 Å². The number of hydrogen-bond donors (Lipinski definition) is 2. The second kappa shape index (κ2) is 9.68. The molecule has 30 heavy (non-hydrogen) atoms. The molecule has 0 aliphatic carbocycles. The van der Waals surface area contributed by atoms with E-state index in [1.54, 1.807) is 33.8 Å². The van der Waals surface area contributed by atoms with Crippen molar-refractivity contribution >= 4 is 29.2 Å². The van der Waals surface area contributed by atoms with Crippen molar-refractivity contribution in [1.29, 1.82) is 0 Å². The highest BCUT2D eigenvalue weighted by molar-refractivity contribution is 5.97. The van der Waals surface area contributed by atoms with E-state index in [9.17, 15) is 24.5 Å². The van der Waals surface area contributed by atoms with Crippen molar-refractivity contribution in [2.45, 2.75) is 33.7 Å². The highest BCUT2D eigenvalue weighted by Gasteiger charge is 2.28. The third-order valence-electron chi connectivity index (χ3n) is 4.47. The van der Waals surface area contributed by atoms with Crippen LogP contribution in [0.5, 0.6) is 0 Å². The highest BCUT2D eigenvalue weighted by atomic mass is 16.6. The molecule has 160 valence electrons. The van der Waals surface area contributed by atoms with E-state index in [2.05, 4.69) is 10.6 Å². The largest absolute Gasteiger partial charge is 0.459 e. The lowest BCUT2D eigenvalue weighted by Gasteiger charge is -2.20. The fourth-order valence-electron chi connectivity index (χ4n) is 2.63. The monoisotopic (exact) mass is 417 g/mol. The number of nitro groups is 1. The molecule has 2 N–H and O–H groups in total. The van der Waals surface area contributed by atoms with Gasteiger partial charge in [-0.25, -0.2) is 4.79 Å². The molecule has 1 heterocycles. The number of amides is 2. The van der Waals surface area contributed by atoms with Gasteiger partial charge in [-0.15, -0.1) is 0 Å². The second-order valence-electron chi connectivity index (χ2n) is 6.99. The molecule has 10 nitrogen and oxygen atoms in total. The number of nitro benzene ring substituents is 1. The Balaban J connectivity index is 2.02. The number of carbonyl (C=O) groups excluding carboxylic acids is 3. The van der Waals surface area contributed by atoms with Crippen molar-refractivity contribution in [3.05, 3.63) is 57.5 Å². The van der Waals surface area contributed by atoms with Crippen LogP contribution in [0.25, 0.3) is 0 Å². The zero-order valence-electron chi connectivity index (χ0n) is 17.1. The van der Waals surface area contributed by atoms with Crippen molar-refractivity contribution in [3.63, 3.8) is 0 Å². The van der Waals surface area contributed by atoms with Crippen molar-refractivity contribution in [3.8, 4) is 0 Å². The van der Waals surface area contributed by atoms with E-state index in [-0.39, 0.29) is 23.1 Å². The third kappa shape index (κ3) is 5.43. The highest BCUT2D eigenvalue weighted by Crippen LogP contribution is 2.30. The summed E-state index contributed by atoms with van der Waals surface area (Å²) >= 11 is 0. The van der Waals surface area contributed by atoms with E-state index in [4.69, 9.17) is 9.15 Å². The van der Waals surface area contributed by atoms with Crippen LogP contribution in [-0.4, -0.2) is 35.4 Å². The molecule has 0 saturated carbocycles. The number of furan rings is 1. The van der Waals surface area contributed by atoms with Gasteiger partial charge >= 0.3 is 5.97 Å². The number of anilines is 1. The Morgan fingerprint density at radius 2 is 1.90 bits per heavy atom. The van der Waals surface area contributed by atoms with Gasteiger partial charge in [-0.05, 0) is 43.0 Å². The lowest BCUT2D eigenvalue weighted by molar-refractivity contribution is -0.384. The molecule has 0 fully saturated rings. The summed E-state index contributed by atoms with van der Waals surface area (Å²) in [6, 6.07) is 4.85. The maximum absolute atomic E-state index is 12.4. The van der Waals surface area contributed by atoms with E-state index in [1.807, 2.05) is 0 Å². The Hall–Kier alpha value is -3.69. The molecule has 2 amide bonds. The van der Waals surface area contributed by atoms with Gasteiger partial charge in [-0.2, -0.15) is 0 Å². The van der Waals surface area contributed by atoms with Gasteiger partial charge in [0.05, 0.1) is 11.2 Å². The zero-order valence-corrected chi connectivity index (χ0v) is 17.1. The molecule has 0 saturated heterocycles. The first kappa shape index (κ1) is 22.6. The van der Waals surface area contributed by atoms with Crippen LogP contribution in [0.1, 0.15) is 35.5 Å². The number of esters is 1. The first-order valence-corrected chi connectivity index (χ1v) is 9.17. The van der Waals surface area contributed by atoms with Crippen LogP contribution in [0.3, 0.4) is 0 Å². The van der Waals surface area contributed by atoms with Gasteiger partial charge in [0.15, 0.2) is 12.4 Å². The SMILES string of the molecule is Cc1ccc([N+](=O)[O-])c(NC(=O)COC(=O)[C@@H](NC(=O)c2ccco2)C(C)C)c1C. The quantitative estimate of drug-likeness (QED) is 0.382. The van der Waals surface area contributed by atoms with Crippen LogP contribution in [0.2, 0.25) is 0 Å². The van der Waals surface area contributed by atoms with Crippen LogP contribution >= 0.6 is 0 Å². The molecule has 0 radical (unpaired) electrons. The molecule has 0 unspecified atom stereocenters. The first-order valence-electron chi connectivity index (χ1n) is 9.17. The number of nitrogens with zero attached hydrogens (tertiary/aromatic N) is 1. The summed E-state index contributed by atoms with van der Waals surface area (Å²) in [5.74, 6) is -2.42. The number of aryl methyl sites for hydroxylation is 1. The molecular weight excluding hydrogens is 394 g/mol. The summed E-state index contributed by atoms with van der Waals surface area (Å²) < 4.78 is 10.0. The molecule has 1 atom stereocenters. The lowest BCUT2D eigenvalue weighted by atomic mass is 10.0. The van der Waals surface area contributed by atoms with Gasteiger partial charge in [-0.1, -0.05) is 19.9 Å². The van der Waals surface area contributed by atoms with Gasteiger partial charge in [-0.3, -0.25) is 19.7 Å². The standard InChI is InChI=1S/C20H23N3O7/c1-11(2)17(22-19(25)15-6-5-9-29-15)20(26)30-10-16(24)21-18-13(4)12(3)7-8-14(18)23(27)28/h5-9,11,17H,10H2,1-4H3,(H,21,24)(H,22,25)/t17-/m0/s1. The van der Waals surface area contributed by atoms with Gasteiger partial charge in [0.1, 0.15) is 11.7 Å². The predicted octanol–water partition coefficient (Wildman–Crippen LogP) is 2.74. The average molecular weight is 417 g/mol. The fourth-order valence-corrected chi connectivity index (χ4v) is 2.63. The van der Waals surface area contributed by atoms with Crippen molar-refractivity contribution in [2.24, 2.45) is 5.92 Å². The van der Waals surface area contributed by atoms with Crippen LogP contribution in [0, 0.1) is 29.9 Å². The van der Waals surface area contributed by atoms with E-state index >= 15 is 0 Å². The summed E-state index contributed by atoms with van der Waals surface area (Å²) in [5, 5.41) is 16.2. The molecule has 0 spiro atoms. The molecule has 0 aliphatic rings. The van der Waals surface area contributed by atoms with Crippen LogP contribution in [0.4, 0.5) is 11.4 Å².